The summed E-state index contributed by atoms with van der Waals surface area (Å²) < 4.78 is 17.8. The SMILES string of the molecule is COc1cc([C@H]2C(C(=O)OC3CCCCC3)=C(C)NC3=C2C(=O)CCC3)ccc1OCc1ccccc1. The average molecular weight is 502 g/mol. The largest absolute Gasteiger partial charge is 0.493 e. The van der Waals surface area contributed by atoms with Crippen LogP contribution in [0.5, 0.6) is 11.5 Å². The molecule has 0 saturated heterocycles. The molecule has 3 aliphatic rings. The molecule has 5 rings (SSSR count). The number of rotatable bonds is 7. The van der Waals surface area contributed by atoms with Gasteiger partial charge in [-0.15, -0.1) is 0 Å². The Hall–Kier alpha value is -3.54. The highest BCUT2D eigenvalue weighted by molar-refractivity contribution is 6.03. The summed E-state index contributed by atoms with van der Waals surface area (Å²) in [5, 5.41) is 3.38. The molecule has 0 radical (unpaired) electrons. The van der Waals surface area contributed by atoms with Crippen LogP contribution in [0.15, 0.2) is 71.1 Å². The van der Waals surface area contributed by atoms with E-state index in [1.807, 2.05) is 55.5 Å². The Balaban J connectivity index is 1.48. The van der Waals surface area contributed by atoms with E-state index in [-0.39, 0.29) is 17.9 Å². The Kier molecular flexibility index (Phi) is 7.63. The first-order chi connectivity index (χ1) is 18.0. The number of methoxy groups -OCH3 is 1. The number of dihydropyridines is 1. The van der Waals surface area contributed by atoms with Gasteiger partial charge >= 0.3 is 5.97 Å². The number of Topliss-reactive ketones (excluding diaryl/α,β-unsaturated/α-hetero) is 1. The molecule has 0 unspecified atom stereocenters. The first-order valence-corrected chi connectivity index (χ1v) is 13.3. The van der Waals surface area contributed by atoms with Crippen molar-refractivity contribution in [2.24, 2.45) is 0 Å². The number of carbonyl (C=O) groups is 2. The molecule has 0 bridgehead atoms. The summed E-state index contributed by atoms with van der Waals surface area (Å²) in [4.78, 5) is 26.8. The lowest BCUT2D eigenvalue weighted by Crippen LogP contribution is -2.35. The predicted octanol–water partition coefficient (Wildman–Crippen LogP) is 6.12. The van der Waals surface area contributed by atoms with Gasteiger partial charge in [-0.3, -0.25) is 4.79 Å². The first-order valence-electron chi connectivity index (χ1n) is 13.3. The van der Waals surface area contributed by atoms with Crippen molar-refractivity contribution in [1.82, 2.24) is 5.32 Å². The highest BCUT2D eigenvalue weighted by Gasteiger charge is 2.40. The average Bonchev–Trinajstić information content (AvgIpc) is 2.92. The minimum Gasteiger partial charge on any atom is -0.493 e. The third-order valence-electron chi connectivity index (χ3n) is 7.58. The van der Waals surface area contributed by atoms with Crippen LogP contribution in [-0.4, -0.2) is 25.0 Å². The van der Waals surface area contributed by atoms with E-state index < -0.39 is 5.92 Å². The molecule has 1 N–H and O–H groups in total. The number of ether oxygens (including phenoxy) is 3. The summed E-state index contributed by atoms with van der Waals surface area (Å²) in [5.74, 6) is 0.417. The van der Waals surface area contributed by atoms with Crippen LogP contribution in [0.2, 0.25) is 0 Å². The molecule has 1 aliphatic heterocycles. The van der Waals surface area contributed by atoms with E-state index in [1.54, 1.807) is 7.11 Å². The number of nitrogens with one attached hydrogen (secondary N) is 1. The molecule has 0 spiro atoms. The fourth-order valence-corrected chi connectivity index (χ4v) is 5.70. The zero-order chi connectivity index (χ0) is 25.8. The zero-order valence-corrected chi connectivity index (χ0v) is 21.7. The second-order valence-corrected chi connectivity index (χ2v) is 10.1. The molecule has 194 valence electrons. The van der Waals surface area contributed by atoms with Crippen LogP contribution in [0, 0.1) is 0 Å². The number of ketones is 1. The maximum Gasteiger partial charge on any atom is 0.337 e. The third kappa shape index (κ3) is 5.43. The van der Waals surface area contributed by atoms with E-state index in [0.717, 1.165) is 61.0 Å². The summed E-state index contributed by atoms with van der Waals surface area (Å²) >= 11 is 0. The van der Waals surface area contributed by atoms with Gasteiger partial charge in [0.1, 0.15) is 12.7 Å². The van der Waals surface area contributed by atoms with Crippen molar-refractivity contribution in [2.75, 3.05) is 7.11 Å². The Bertz CT molecular complexity index is 1220. The number of benzene rings is 2. The number of hydrogen-bond acceptors (Lipinski definition) is 6. The number of esters is 1. The van der Waals surface area contributed by atoms with Crippen molar-refractivity contribution in [2.45, 2.75) is 76.9 Å². The van der Waals surface area contributed by atoms with Gasteiger partial charge in [-0.1, -0.05) is 42.8 Å². The standard InChI is InChI=1S/C31H35NO5/c1-20-28(31(34)37-23-12-7-4-8-13-23)29(30-24(32-20)14-9-15-25(30)33)22-16-17-26(27(18-22)35-2)36-19-21-10-5-3-6-11-21/h3,5-6,10-11,16-18,23,29,32H,4,7-9,12-15,19H2,1-2H3/t29-/m0/s1. The fourth-order valence-electron chi connectivity index (χ4n) is 5.70. The van der Waals surface area contributed by atoms with Crippen molar-refractivity contribution >= 4 is 11.8 Å². The summed E-state index contributed by atoms with van der Waals surface area (Å²) in [6, 6.07) is 15.6. The molecule has 0 amide bonds. The molecule has 1 atom stereocenters. The second-order valence-electron chi connectivity index (χ2n) is 10.1. The Morgan fingerprint density at radius 2 is 1.76 bits per heavy atom. The molecular formula is C31H35NO5. The van der Waals surface area contributed by atoms with Crippen molar-refractivity contribution in [1.29, 1.82) is 0 Å². The smallest absolute Gasteiger partial charge is 0.337 e. The molecule has 6 nitrogen and oxygen atoms in total. The Morgan fingerprint density at radius 1 is 0.973 bits per heavy atom. The van der Waals surface area contributed by atoms with Crippen LogP contribution in [0.4, 0.5) is 0 Å². The summed E-state index contributed by atoms with van der Waals surface area (Å²) in [5.41, 5.74) is 4.73. The maximum absolute atomic E-state index is 13.6. The maximum atomic E-state index is 13.6. The van der Waals surface area contributed by atoms with Gasteiger partial charge in [0, 0.05) is 29.3 Å². The number of hydrogen-bond donors (Lipinski definition) is 1. The molecule has 2 aromatic rings. The molecule has 2 aromatic carbocycles. The lowest BCUT2D eigenvalue weighted by atomic mass is 9.75. The van der Waals surface area contributed by atoms with E-state index in [0.29, 0.717) is 35.7 Å². The molecule has 2 aliphatic carbocycles. The monoisotopic (exact) mass is 501 g/mol. The lowest BCUT2D eigenvalue weighted by Gasteiger charge is -2.35. The van der Waals surface area contributed by atoms with Crippen LogP contribution in [0.3, 0.4) is 0 Å². The topological polar surface area (TPSA) is 73.9 Å². The van der Waals surface area contributed by atoms with Crippen LogP contribution in [-0.2, 0) is 20.9 Å². The van der Waals surface area contributed by atoms with Gasteiger partial charge in [-0.05, 0) is 68.7 Å². The van der Waals surface area contributed by atoms with Crippen LogP contribution >= 0.6 is 0 Å². The van der Waals surface area contributed by atoms with Crippen LogP contribution < -0.4 is 14.8 Å². The van der Waals surface area contributed by atoms with Crippen LogP contribution in [0.1, 0.15) is 75.3 Å². The van der Waals surface area contributed by atoms with Gasteiger partial charge < -0.3 is 19.5 Å². The molecule has 1 saturated carbocycles. The van der Waals surface area contributed by atoms with E-state index in [9.17, 15) is 9.59 Å². The van der Waals surface area contributed by atoms with E-state index in [1.165, 1.54) is 6.42 Å². The number of carbonyl (C=O) groups excluding carboxylic acids is 2. The van der Waals surface area contributed by atoms with Gasteiger partial charge in [0.05, 0.1) is 12.7 Å². The van der Waals surface area contributed by atoms with Gasteiger partial charge in [0.15, 0.2) is 17.3 Å². The summed E-state index contributed by atoms with van der Waals surface area (Å²) in [6.07, 6.45) is 7.13. The molecule has 0 aromatic heterocycles. The predicted molar refractivity (Wildman–Crippen MR) is 141 cm³/mol. The van der Waals surface area contributed by atoms with Crippen molar-refractivity contribution in [3.63, 3.8) is 0 Å². The molecule has 6 heteroatoms. The van der Waals surface area contributed by atoms with Crippen molar-refractivity contribution in [3.05, 3.63) is 82.2 Å². The highest BCUT2D eigenvalue weighted by Crippen LogP contribution is 2.44. The molecule has 1 fully saturated rings. The normalized spacial score (nSPS) is 20.3. The highest BCUT2D eigenvalue weighted by atomic mass is 16.5. The third-order valence-corrected chi connectivity index (χ3v) is 7.58. The van der Waals surface area contributed by atoms with Crippen molar-refractivity contribution < 1.29 is 23.8 Å². The van der Waals surface area contributed by atoms with E-state index in [2.05, 4.69) is 5.32 Å². The molecule has 1 heterocycles. The zero-order valence-electron chi connectivity index (χ0n) is 21.7. The van der Waals surface area contributed by atoms with Crippen LogP contribution in [0.25, 0.3) is 0 Å². The Labute approximate surface area is 218 Å². The summed E-state index contributed by atoms with van der Waals surface area (Å²) in [7, 11) is 1.60. The number of allylic oxidation sites excluding steroid dienone is 3. The van der Waals surface area contributed by atoms with Gasteiger partial charge in [-0.2, -0.15) is 0 Å². The molecule has 37 heavy (non-hydrogen) atoms. The van der Waals surface area contributed by atoms with E-state index in [4.69, 9.17) is 14.2 Å². The molecular weight excluding hydrogens is 466 g/mol. The fraction of sp³-hybridized carbons (Fsp3) is 0.419. The van der Waals surface area contributed by atoms with Crippen molar-refractivity contribution in [3.8, 4) is 11.5 Å². The lowest BCUT2D eigenvalue weighted by molar-refractivity contribution is -0.146. The Morgan fingerprint density at radius 3 is 2.51 bits per heavy atom. The quantitative estimate of drug-likeness (QED) is 0.461. The van der Waals surface area contributed by atoms with Gasteiger partial charge in [0.25, 0.3) is 0 Å². The van der Waals surface area contributed by atoms with Gasteiger partial charge in [0.2, 0.25) is 0 Å². The van der Waals surface area contributed by atoms with E-state index >= 15 is 0 Å². The minimum absolute atomic E-state index is 0.0667. The summed E-state index contributed by atoms with van der Waals surface area (Å²) in [6.45, 7) is 2.32. The second kappa shape index (κ2) is 11.2. The van der Waals surface area contributed by atoms with Gasteiger partial charge in [-0.25, -0.2) is 4.79 Å². The minimum atomic E-state index is -0.503. The first kappa shape index (κ1) is 25.1.